The van der Waals surface area contributed by atoms with E-state index in [9.17, 15) is 18.0 Å². The zero-order valence-electron chi connectivity index (χ0n) is 14.5. The summed E-state index contributed by atoms with van der Waals surface area (Å²) in [6.45, 7) is 0.196. The Labute approximate surface area is 163 Å². The Morgan fingerprint density at radius 1 is 1.21 bits per heavy atom. The van der Waals surface area contributed by atoms with Crippen LogP contribution in [0.15, 0.2) is 59.4 Å². The van der Waals surface area contributed by atoms with Crippen molar-refractivity contribution in [3.8, 4) is 5.75 Å². The topological polar surface area (TPSA) is 45.1 Å². The molecular weight excluding hydrogens is 395 g/mol. The number of carbonyl (C=O) groups excluding carboxylic acids is 1. The van der Waals surface area contributed by atoms with Crippen LogP contribution in [0.25, 0.3) is 0 Å². The van der Waals surface area contributed by atoms with Crippen LogP contribution in [-0.4, -0.2) is 30.3 Å². The third-order valence-corrected chi connectivity index (χ3v) is 4.70. The van der Waals surface area contributed by atoms with E-state index < -0.39 is 17.8 Å². The molecule has 0 bridgehead atoms. The summed E-state index contributed by atoms with van der Waals surface area (Å²) in [5.41, 5.74) is 1.60. The van der Waals surface area contributed by atoms with E-state index in [2.05, 4.69) is 5.10 Å². The minimum Gasteiger partial charge on any atom is -0.464 e. The number of hydrogen-bond acceptors (Lipinski definition) is 3. The third kappa shape index (κ3) is 3.20. The zero-order valence-corrected chi connectivity index (χ0v) is 15.3. The Balaban J connectivity index is 1.57. The first-order valence-corrected chi connectivity index (χ1v) is 8.59. The van der Waals surface area contributed by atoms with Crippen LogP contribution in [0.3, 0.4) is 0 Å². The molecule has 2 amide bonds. The molecule has 4 rings (SSSR count). The number of urea groups is 1. The smallest absolute Gasteiger partial charge is 0.416 e. The molecule has 0 fully saturated rings. The number of hydrogen-bond donors (Lipinski definition) is 0. The molecule has 0 saturated heterocycles. The van der Waals surface area contributed by atoms with Gasteiger partial charge in [-0.05, 0) is 36.4 Å². The number of alkyl halides is 3. The Hall–Kier alpha value is -3.00. The van der Waals surface area contributed by atoms with Crippen LogP contribution in [0.2, 0.25) is 5.02 Å². The van der Waals surface area contributed by atoms with E-state index in [1.807, 2.05) is 0 Å². The number of hydrazone groups is 1. The van der Waals surface area contributed by atoms with Gasteiger partial charge in [-0.2, -0.15) is 18.3 Å². The van der Waals surface area contributed by atoms with E-state index >= 15 is 0 Å². The highest BCUT2D eigenvalue weighted by molar-refractivity contribution is 6.31. The van der Waals surface area contributed by atoms with E-state index in [-0.39, 0.29) is 6.54 Å². The molecule has 0 atom stereocenters. The summed E-state index contributed by atoms with van der Waals surface area (Å²) in [6, 6.07) is 9.01. The fourth-order valence-corrected chi connectivity index (χ4v) is 3.13. The fourth-order valence-electron chi connectivity index (χ4n) is 2.97. The summed E-state index contributed by atoms with van der Waals surface area (Å²) in [4.78, 5) is 14.0. The average Bonchev–Trinajstić information content (AvgIpc) is 3.10. The van der Waals surface area contributed by atoms with E-state index in [4.69, 9.17) is 16.3 Å². The van der Waals surface area contributed by atoms with Gasteiger partial charge in [0.2, 0.25) is 0 Å². The second-order valence-corrected chi connectivity index (χ2v) is 6.73. The van der Waals surface area contributed by atoms with Crippen molar-refractivity contribution in [2.24, 2.45) is 5.10 Å². The number of carbonyl (C=O) groups is 1. The van der Waals surface area contributed by atoms with Gasteiger partial charge in [-0.1, -0.05) is 11.6 Å². The van der Waals surface area contributed by atoms with Gasteiger partial charge >= 0.3 is 12.2 Å². The van der Waals surface area contributed by atoms with Crippen molar-refractivity contribution < 1.29 is 22.7 Å². The average molecular weight is 408 g/mol. The quantitative estimate of drug-likeness (QED) is 0.674. The standard InChI is InChI=1S/C19H13ClF3N3O2/c1-25(14-5-2-12(3-6-14)19(21,22)23)18(27)26-9-11-10-28-16-8-13(20)4-7-15(16)17(11)24-26/h2-8,10H,9H2,1H3. The Bertz CT molecular complexity index is 1020. The molecule has 2 aliphatic rings. The van der Waals surface area contributed by atoms with Gasteiger partial charge in [0.15, 0.2) is 0 Å². The van der Waals surface area contributed by atoms with Crippen LogP contribution in [0.4, 0.5) is 23.7 Å². The first kappa shape index (κ1) is 18.4. The number of nitrogens with zero attached hydrogens (tertiary/aromatic N) is 3. The maximum Gasteiger partial charge on any atom is 0.416 e. The summed E-state index contributed by atoms with van der Waals surface area (Å²) >= 11 is 5.97. The molecule has 0 aliphatic carbocycles. The van der Waals surface area contributed by atoms with E-state index in [1.165, 1.54) is 35.4 Å². The predicted molar refractivity (Wildman–Crippen MR) is 98.6 cm³/mol. The van der Waals surface area contributed by atoms with Crippen LogP contribution in [-0.2, 0) is 6.18 Å². The molecule has 0 aromatic heterocycles. The summed E-state index contributed by atoms with van der Waals surface area (Å²) in [5.74, 6) is 0.542. The highest BCUT2D eigenvalue weighted by Crippen LogP contribution is 2.34. The minimum absolute atomic E-state index is 0.196. The second-order valence-electron chi connectivity index (χ2n) is 6.29. The number of fused-ring (bicyclic) bond motifs is 3. The van der Waals surface area contributed by atoms with E-state index in [0.29, 0.717) is 22.2 Å². The number of ether oxygens (including phenoxy) is 1. The largest absolute Gasteiger partial charge is 0.464 e. The molecule has 0 unspecified atom stereocenters. The van der Waals surface area contributed by atoms with Crippen molar-refractivity contribution >= 4 is 29.0 Å². The Kier molecular flexibility index (Phi) is 4.30. The number of anilines is 1. The highest BCUT2D eigenvalue weighted by atomic mass is 35.5. The maximum atomic E-state index is 12.8. The van der Waals surface area contributed by atoms with Crippen LogP contribution >= 0.6 is 11.6 Å². The molecule has 28 heavy (non-hydrogen) atoms. The van der Waals surface area contributed by atoms with Crippen molar-refractivity contribution in [3.63, 3.8) is 0 Å². The van der Waals surface area contributed by atoms with E-state index in [0.717, 1.165) is 23.3 Å². The summed E-state index contributed by atoms with van der Waals surface area (Å²) in [7, 11) is 1.48. The van der Waals surface area contributed by atoms with Crippen LogP contribution in [0.5, 0.6) is 5.75 Å². The fraction of sp³-hybridized carbons (Fsp3) is 0.158. The van der Waals surface area contributed by atoms with Crippen molar-refractivity contribution in [2.75, 3.05) is 18.5 Å². The van der Waals surface area contributed by atoms with Crippen LogP contribution in [0, 0.1) is 0 Å². The molecule has 2 heterocycles. The Morgan fingerprint density at radius 2 is 1.93 bits per heavy atom. The first-order valence-electron chi connectivity index (χ1n) is 8.21. The second kappa shape index (κ2) is 6.56. The summed E-state index contributed by atoms with van der Waals surface area (Å²) < 4.78 is 43.7. The zero-order chi connectivity index (χ0) is 20.1. The molecule has 2 aliphatic heterocycles. The Morgan fingerprint density at radius 3 is 2.61 bits per heavy atom. The molecule has 0 saturated carbocycles. The van der Waals surface area contributed by atoms with Crippen molar-refractivity contribution in [1.29, 1.82) is 0 Å². The monoisotopic (exact) mass is 407 g/mol. The maximum absolute atomic E-state index is 12.8. The van der Waals surface area contributed by atoms with Crippen LogP contribution < -0.4 is 9.64 Å². The molecule has 9 heteroatoms. The van der Waals surface area contributed by atoms with Gasteiger partial charge in [0.1, 0.15) is 11.5 Å². The number of halogens is 4. The lowest BCUT2D eigenvalue weighted by atomic mass is 10.0. The lowest BCUT2D eigenvalue weighted by Crippen LogP contribution is -2.37. The lowest BCUT2D eigenvalue weighted by Gasteiger charge is -2.22. The highest BCUT2D eigenvalue weighted by Gasteiger charge is 2.33. The summed E-state index contributed by atoms with van der Waals surface area (Å²) in [5, 5.41) is 6.13. The lowest BCUT2D eigenvalue weighted by molar-refractivity contribution is -0.137. The molecule has 2 aromatic carbocycles. The van der Waals surface area contributed by atoms with E-state index in [1.54, 1.807) is 18.2 Å². The van der Waals surface area contributed by atoms with Gasteiger partial charge in [-0.15, -0.1) is 0 Å². The first-order chi connectivity index (χ1) is 13.2. The molecule has 2 aromatic rings. The normalized spacial score (nSPS) is 15.2. The van der Waals surface area contributed by atoms with Gasteiger partial charge in [0.25, 0.3) is 0 Å². The van der Waals surface area contributed by atoms with Crippen molar-refractivity contribution in [3.05, 3.63) is 70.4 Å². The molecule has 5 nitrogen and oxygen atoms in total. The summed E-state index contributed by atoms with van der Waals surface area (Å²) in [6.07, 6.45) is -2.91. The number of benzene rings is 2. The van der Waals surface area contributed by atoms with Gasteiger partial charge < -0.3 is 4.74 Å². The van der Waals surface area contributed by atoms with Crippen molar-refractivity contribution in [1.82, 2.24) is 5.01 Å². The van der Waals surface area contributed by atoms with Gasteiger partial charge in [-0.3, -0.25) is 4.90 Å². The van der Waals surface area contributed by atoms with Gasteiger partial charge in [0, 0.05) is 35.0 Å². The molecule has 0 N–H and O–H groups in total. The molecule has 144 valence electrons. The molecular formula is C19H13ClF3N3O2. The number of rotatable bonds is 1. The minimum atomic E-state index is -4.43. The van der Waals surface area contributed by atoms with Gasteiger partial charge in [-0.25, -0.2) is 9.80 Å². The van der Waals surface area contributed by atoms with Crippen molar-refractivity contribution in [2.45, 2.75) is 6.18 Å². The SMILES string of the molecule is CN(C(=O)N1CC2=COc3cc(Cl)ccc3C2=N1)c1ccc(C(F)(F)F)cc1. The van der Waals surface area contributed by atoms with Crippen LogP contribution in [0.1, 0.15) is 11.1 Å². The predicted octanol–water partition coefficient (Wildman–Crippen LogP) is 4.91. The molecule has 0 spiro atoms. The number of amides is 2. The van der Waals surface area contributed by atoms with Gasteiger partial charge in [0.05, 0.1) is 18.4 Å². The molecule has 0 radical (unpaired) electrons. The third-order valence-electron chi connectivity index (χ3n) is 4.46.